The van der Waals surface area contributed by atoms with Gasteiger partial charge in [-0.05, 0) is 42.9 Å². The van der Waals surface area contributed by atoms with E-state index in [1.807, 2.05) is 18.5 Å². The van der Waals surface area contributed by atoms with E-state index in [2.05, 4.69) is 37.1 Å². The van der Waals surface area contributed by atoms with Crippen LogP contribution in [0.25, 0.3) is 0 Å². The van der Waals surface area contributed by atoms with Crippen LogP contribution < -0.4 is 5.32 Å². The van der Waals surface area contributed by atoms with E-state index in [9.17, 15) is 0 Å². The van der Waals surface area contributed by atoms with E-state index in [4.69, 9.17) is 0 Å². The highest BCUT2D eigenvalue weighted by atomic mass is 15.0. The Morgan fingerprint density at radius 2 is 2.25 bits per heavy atom. The summed E-state index contributed by atoms with van der Waals surface area (Å²) in [7, 11) is 0. The van der Waals surface area contributed by atoms with Crippen LogP contribution >= 0.6 is 0 Å². The highest BCUT2D eigenvalue weighted by molar-refractivity contribution is 5.16. The molecule has 1 atom stereocenters. The Labute approximate surface area is 98.5 Å². The normalized spacial score (nSPS) is 25.9. The summed E-state index contributed by atoms with van der Waals surface area (Å²) in [4.78, 5) is 4.21. The number of hydrogen-bond acceptors (Lipinski definition) is 2. The zero-order valence-corrected chi connectivity index (χ0v) is 10.6. The van der Waals surface area contributed by atoms with E-state index in [0.717, 1.165) is 13.0 Å². The van der Waals surface area contributed by atoms with Crippen molar-refractivity contribution < 1.29 is 0 Å². The number of pyridine rings is 1. The molecule has 0 saturated carbocycles. The van der Waals surface area contributed by atoms with Crippen LogP contribution in [0.5, 0.6) is 0 Å². The fraction of sp³-hybridized carbons (Fsp3) is 0.643. The monoisotopic (exact) mass is 218 g/mol. The Morgan fingerprint density at radius 1 is 1.44 bits per heavy atom. The van der Waals surface area contributed by atoms with E-state index in [1.165, 1.54) is 18.4 Å². The maximum atomic E-state index is 4.21. The molecule has 0 amide bonds. The summed E-state index contributed by atoms with van der Waals surface area (Å²) in [6.07, 6.45) is 7.48. The highest BCUT2D eigenvalue weighted by Gasteiger charge is 2.43. The first-order valence-corrected chi connectivity index (χ1v) is 6.17. The lowest BCUT2D eigenvalue weighted by atomic mass is 9.69. The zero-order chi connectivity index (χ0) is 11.6. The van der Waals surface area contributed by atoms with Crippen LogP contribution in [0.2, 0.25) is 0 Å². The number of hydrogen-bond donors (Lipinski definition) is 1. The second-order valence-electron chi connectivity index (χ2n) is 5.90. The molecule has 2 nitrogen and oxygen atoms in total. The minimum absolute atomic E-state index is 0.246. The lowest BCUT2D eigenvalue weighted by molar-refractivity contribution is 0.159. The molecule has 1 unspecified atom stereocenters. The Balaban J connectivity index is 2.22. The quantitative estimate of drug-likeness (QED) is 0.825. The largest absolute Gasteiger partial charge is 0.310 e. The number of aromatic nitrogens is 1. The standard InChI is InChI=1S/C14H22N2/c1-13(2,3)14(7-5-9-16-14)10-12-6-4-8-15-11-12/h4,6,8,11,16H,5,7,9-10H2,1-3H3. The van der Waals surface area contributed by atoms with Gasteiger partial charge < -0.3 is 5.32 Å². The maximum absolute atomic E-state index is 4.21. The molecular formula is C14H22N2. The molecule has 16 heavy (non-hydrogen) atoms. The van der Waals surface area contributed by atoms with E-state index in [1.54, 1.807) is 0 Å². The van der Waals surface area contributed by atoms with E-state index in [-0.39, 0.29) is 5.54 Å². The Hall–Kier alpha value is -0.890. The van der Waals surface area contributed by atoms with Crippen LogP contribution in [-0.2, 0) is 6.42 Å². The van der Waals surface area contributed by atoms with Crippen molar-refractivity contribution in [1.29, 1.82) is 0 Å². The minimum atomic E-state index is 0.246. The molecule has 1 aliphatic heterocycles. The molecule has 1 aliphatic rings. The third-order valence-corrected chi connectivity index (χ3v) is 3.91. The fourth-order valence-electron chi connectivity index (χ4n) is 2.71. The number of rotatable bonds is 2. The van der Waals surface area contributed by atoms with Crippen LogP contribution in [0.15, 0.2) is 24.5 Å². The van der Waals surface area contributed by atoms with Gasteiger partial charge in [-0.1, -0.05) is 26.8 Å². The van der Waals surface area contributed by atoms with Crippen molar-refractivity contribution in [2.75, 3.05) is 6.54 Å². The third kappa shape index (κ3) is 2.12. The predicted octanol–water partition coefficient (Wildman–Crippen LogP) is 2.79. The van der Waals surface area contributed by atoms with E-state index >= 15 is 0 Å². The van der Waals surface area contributed by atoms with E-state index in [0.29, 0.717) is 5.41 Å². The predicted molar refractivity (Wildman–Crippen MR) is 67.4 cm³/mol. The molecule has 1 N–H and O–H groups in total. The molecule has 2 rings (SSSR count). The molecule has 0 radical (unpaired) electrons. The van der Waals surface area contributed by atoms with Crippen LogP contribution in [0, 0.1) is 5.41 Å². The molecule has 1 fully saturated rings. The van der Waals surface area contributed by atoms with Gasteiger partial charge in [-0.25, -0.2) is 0 Å². The summed E-state index contributed by atoms with van der Waals surface area (Å²) >= 11 is 0. The SMILES string of the molecule is CC(C)(C)C1(Cc2cccnc2)CCCN1. The van der Waals surface area contributed by atoms with Crippen molar-refractivity contribution >= 4 is 0 Å². The molecule has 88 valence electrons. The average Bonchev–Trinajstić information content (AvgIpc) is 2.68. The fourth-order valence-corrected chi connectivity index (χ4v) is 2.71. The topological polar surface area (TPSA) is 24.9 Å². The Bertz CT molecular complexity index is 332. The van der Waals surface area contributed by atoms with Gasteiger partial charge in [-0.15, -0.1) is 0 Å². The molecule has 0 aliphatic carbocycles. The molecule has 2 heterocycles. The van der Waals surface area contributed by atoms with E-state index < -0.39 is 0 Å². The lowest BCUT2D eigenvalue weighted by Crippen LogP contribution is -2.52. The summed E-state index contributed by atoms with van der Waals surface area (Å²) in [5.41, 5.74) is 1.88. The van der Waals surface area contributed by atoms with Crippen molar-refractivity contribution in [3.8, 4) is 0 Å². The Kier molecular flexibility index (Phi) is 3.02. The van der Waals surface area contributed by atoms with Gasteiger partial charge in [0.25, 0.3) is 0 Å². The van der Waals surface area contributed by atoms with Gasteiger partial charge in [0.2, 0.25) is 0 Å². The van der Waals surface area contributed by atoms with Gasteiger partial charge in [0.05, 0.1) is 0 Å². The van der Waals surface area contributed by atoms with Gasteiger partial charge >= 0.3 is 0 Å². The molecule has 0 spiro atoms. The smallest absolute Gasteiger partial charge is 0.0300 e. The highest BCUT2D eigenvalue weighted by Crippen LogP contribution is 2.39. The van der Waals surface area contributed by atoms with Crippen LogP contribution in [0.3, 0.4) is 0 Å². The van der Waals surface area contributed by atoms with Gasteiger partial charge in [0, 0.05) is 17.9 Å². The average molecular weight is 218 g/mol. The third-order valence-electron chi connectivity index (χ3n) is 3.91. The van der Waals surface area contributed by atoms with Crippen LogP contribution in [0.4, 0.5) is 0 Å². The van der Waals surface area contributed by atoms with Gasteiger partial charge in [-0.3, -0.25) is 4.98 Å². The summed E-state index contributed by atoms with van der Waals surface area (Å²) < 4.78 is 0. The summed E-state index contributed by atoms with van der Waals surface area (Å²) in [5, 5.41) is 3.73. The number of nitrogens with one attached hydrogen (secondary N) is 1. The maximum Gasteiger partial charge on any atom is 0.0300 e. The van der Waals surface area contributed by atoms with Crippen molar-refractivity contribution in [2.24, 2.45) is 5.41 Å². The van der Waals surface area contributed by atoms with Gasteiger partial charge in [-0.2, -0.15) is 0 Å². The molecule has 1 saturated heterocycles. The van der Waals surface area contributed by atoms with Crippen molar-refractivity contribution in [1.82, 2.24) is 10.3 Å². The molecule has 1 aromatic heterocycles. The van der Waals surface area contributed by atoms with Gasteiger partial charge in [0.1, 0.15) is 0 Å². The van der Waals surface area contributed by atoms with Crippen LogP contribution in [-0.4, -0.2) is 17.1 Å². The molecule has 0 bridgehead atoms. The zero-order valence-electron chi connectivity index (χ0n) is 10.6. The van der Waals surface area contributed by atoms with Gasteiger partial charge in [0.15, 0.2) is 0 Å². The molecule has 2 heteroatoms. The second-order valence-corrected chi connectivity index (χ2v) is 5.90. The molecule has 1 aromatic rings. The molecular weight excluding hydrogens is 196 g/mol. The first kappa shape index (κ1) is 11.6. The van der Waals surface area contributed by atoms with Crippen molar-refractivity contribution in [3.05, 3.63) is 30.1 Å². The van der Waals surface area contributed by atoms with Crippen molar-refractivity contribution in [2.45, 2.75) is 45.6 Å². The number of nitrogens with zero attached hydrogens (tertiary/aromatic N) is 1. The molecule has 0 aromatic carbocycles. The lowest BCUT2D eigenvalue weighted by Gasteiger charge is -2.42. The summed E-state index contributed by atoms with van der Waals surface area (Å²) in [5.74, 6) is 0. The van der Waals surface area contributed by atoms with Crippen molar-refractivity contribution in [3.63, 3.8) is 0 Å². The minimum Gasteiger partial charge on any atom is -0.310 e. The van der Waals surface area contributed by atoms with Crippen LogP contribution in [0.1, 0.15) is 39.2 Å². The first-order chi connectivity index (χ1) is 7.54. The Morgan fingerprint density at radius 3 is 2.75 bits per heavy atom. The summed E-state index contributed by atoms with van der Waals surface area (Å²) in [6.45, 7) is 8.16. The summed E-state index contributed by atoms with van der Waals surface area (Å²) in [6, 6.07) is 4.21. The second kappa shape index (κ2) is 4.17. The first-order valence-electron chi connectivity index (χ1n) is 6.17.